The van der Waals surface area contributed by atoms with Crippen LogP contribution in [0.4, 0.5) is 9.18 Å². The molecular formula is C27H30ClFN4O4. The molecule has 0 bridgehead atoms. The van der Waals surface area contributed by atoms with Crippen LogP contribution >= 0.6 is 11.6 Å². The van der Waals surface area contributed by atoms with Gasteiger partial charge in [-0.15, -0.1) is 0 Å². The Kier molecular flexibility index (Phi) is 8.45. The second-order valence-corrected chi connectivity index (χ2v) is 9.38. The van der Waals surface area contributed by atoms with Gasteiger partial charge in [0.25, 0.3) is 5.91 Å². The van der Waals surface area contributed by atoms with Crippen molar-refractivity contribution in [2.45, 2.75) is 19.4 Å². The summed E-state index contributed by atoms with van der Waals surface area (Å²) < 4.78 is 19.0. The Morgan fingerprint density at radius 3 is 2.62 bits per heavy atom. The number of benzene rings is 2. The van der Waals surface area contributed by atoms with Gasteiger partial charge in [0.05, 0.1) is 18.2 Å². The van der Waals surface area contributed by atoms with E-state index >= 15 is 0 Å². The lowest BCUT2D eigenvalue weighted by Gasteiger charge is -2.36. The number of urea groups is 1. The highest BCUT2D eigenvalue weighted by Crippen LogP contribution is 2.34. The second kappa shape index (κ2) is 11.7. The predicted molar refractivity (Wildman–Crippen MR) is 138 cm³/mol. The molecule has 8 nitrogen and oxygen atoms in total. The summed E-state index contributed by atoms with van der Waals surface area (Å²) in [5.41, 5.74) is 1.77. The first-order chi connectivity index (χ1) is 17.8. The zero-order chi connectivity index (χ0) is 26.5. The summed E-state index contributed by atoms with van der Waals surface area (Å²) in [6.45, 7) is 4.35. The average molecular weight is 529 g/mol. The van der Waals surface area contributed by atoms with Crippen molar-refractivity contribution in [2.24, 2.45) is 0 Å². The summed E-state index contributed by atoms with van der Waals surface area (Å²) in [5, 5.41) is 3.31. The molecule has 0 radical (unpaired) electrons. The van der Waals surface area contributed by atoms with Crippen molar-refractivity contribution < 1.29 is 23.5 Å². The third-order valence-corrected chi connectivity index (χ3v) is 6.95. The molecule has 4 rings (SSSR count). The van der Waals surface area contributed by atoms with Gasteiger partial charge in [0.2, 0.25) is 0 Å². The van der Waals surface area contributed by atoms with Gasteiger partial charge >= 0.3 is 12.0 Å². The molecular weight excluding hydrogens is 499 g/mol. The summed E-state index contributed by atoms with van der Waals surface area (Å²) in [4.78, 5) is 44.3. The Bertz CT molecular complexity index is 1220. The number of hydrogen-bond acceptors (Lipinski definition) is 5. The molecule has 0 aliphatic carbocycles. The Morgan fingerprint density at radius 1 is 1.11 bits per heavy atom. The highest BCUT2D eigenvalue weighted by molar-refractivity contribution is 6.31. The third-order valence-electron chi connectivity index (χ3n) is 6.61. The Balaban J connectivity index is 1.60. The van der Waals surface area contributed by atoms with Crippen LogP contribution in [0.5, 0.6) is 0 Å². The van der Waals surface area contributed by atoms with Gasteiger partial charge in [-0.1, -0.05) is 35.9 Å². The van der Waals surface area contributed by atoms with Gasteiger partial charge < -0.3 is 15.0 Å². The molecule has 2 aromatic rings. The lowest BCUT2D eigenvalue weighted by Crippen LogP contribution is -2.49. The van der Waals surface area contributed by atoms with Crippen LogP contribution in [0.15, 0.2) is 59.8 Å². The van der Waals surface area contributed by atoms with Crippen LogP contribution in [0.1, 0.15) is 35.3 Å². The standard InChI is InChI=1S/C27H30ClFN4O4/c1-3-37-26(35)23-22(31(2)27(36)30-24(23)20-10-4-5-11-21(20)28)17-32-12-7-13-33(15-14-32)25(34)18-8-6-9-19(29)16-18/h4-6,8-11,16,24H,3,7,12-15,17H2,1-2H3,(H,30,36). The van der Waals surface area contributed by atoms with E-state index in [4.69, 9.17) is 16.3 Å². The normalized spacial score (nSPS) is 18.9. The molecule has 37 heavy (non-hydrogen) atoms. The SMILES string of the molecule is CCOC(=O)C1=C(CN2CCCN(C(=O)c3cccc(F)c3)CC2)N(C)C(=O)NC1c1ccccc1Cl. The van der Waals surface area contributed by atoms with Crippen LogP contribution in [-0.4, -0.2) is 79.0 Å². The topological polar surface area (TPSA) is 82.2 Å². The van der Waals surface area contributed by atoms with Crippen LogP contribution in [0.25, 0.3) is 0 Å². The Labute approximate surface area is 220 Å². The average Bonchev–Trinajstić information content (AvgIpc) is 3.12. The number of halogens is 2. The van der Waals surface area contributed by atoms with Crippen molar-refractivity contribution in [3.8, 4) is 0 Å². The zero-order valence-electron chi connectivity index (χ0n) is 20.9. The first kappa shape index (κ1) is 26.6. The minimum Gasteiger partial charge on any atom is -0.463 e. The molecule has 2 aromatic carbocycles. The van der Waals surface area contributed by atoms with Crippen LogP contribution in [0.2, 0.25) is 5.02 Å². The fourth-order valence-corrected chi connectivity index (χ4v) is 4.93. The number of carbonyl (C=O) groups is 3. The fraction of sp³-hybridized carbons (Fsp3) is 0.370. The number of carbonyl (C=O) groups excluding carboxylic acids is 3. The maximum absolute atomic E-state index is 13.6. The minimum absolute atomic E-state index is 0.184. The van der Waals surface area contributed by atoms with Crippen LogP contribution in [0.3, 0.4) is 0 Å². The van der Waals surface area contributed by atoms with Crippen molar-refractivity contribution in [1.29, 1.82) is 0 Å². The van der Waals surface area contributed by atoms with E-state index in [1.54, 1.807) is 49.2 Å². The number of esters is 1. The number of nitrogens with zero attached hydrogens (tertiary/aromatic N) is 3. The van der Waals surface area contributed by atoms with E-state index in [2.05, 4.69) is 10.2 Å². The van der Waals surface area contributed by atoms with Crippen LogP contribution < -0.4 is 5.32 Å². The van der Waals surface area contributed by atoms with Crippen molar-refractivity contribution in [1.82, 2.24) is 20.0 Å². The van der Waals surface area contributed by atoms with E-state index in [-0.39, 0.29) is 18.5 Å². The van der Waals surface area contributed by atoms with Crippen molar-refractivity contribution in [3.05, 3.63) is 81.8 Å². The van der Waals surface area contributed by atoms with Crippen molar-refractivity contribution in [3.63, 3.8) is 0 Å². The maximum Gasteiger partial charge on any atom is 0.338 e. The first-order valence-electron chi connectivity index (χ1n) is 12.3. The molecule has 2 heterocycles. The number of amides is 3. The smallest absolute Gasteiger partial charge is 0.338 e. The molecule has 1 fully saturated rings. The second-order valence-electron chi connectivity index (χ2n) is 8.98. The summed E-state index contributed by atoms with van der Waals surface area (Å²) in [6.07, 6.45) is 0.687. The molecule has 0 aromatic heterocycles. The Morgan fingerprint density at radius 2 is 1.89 bits per heavy atom. The van der Waals surface area contributed by atoms with Gasteiger partial charge in [-0.05, 0) is 43.2 Å². The minimum atomic E-state index is -0.760. The number of ether oxygens (including phenoxy) is 1. The van der Waals surface area contributed by atoms with E-state index in [1.807, 2.05) is 0 Å². The monoisotopic (exact) mass is 528 g/mol. The van der Waals surface area contributed by atoms with Gasteiger partial charge in [-0.2, -0.15) is 0 Å². The molecule has 3 amide bonds. The molecule has 2 aliphatic rings. The molecule has 0 saturated carbocycles. The van der Waals surface area contributed by atoms with Gasteiger partial charge in [0.15, 0.2) is 0 Å². The molecule has 196 valence electrons. The quantitative estimate of drug-likeness (QED) is 0.576. The lowest BCUT2D eigenvalue weighted by atomic mass is 9.94. The lowest BCUT2D eigenvalue weighted by molar-refractivity contribution is -0.139. The van der Waals surface area contributed by atoms with E-state index in [0.717, 1.165) is 0 Å². The van der Waals surface area contributed by atoms with Crippen LogP contribution in [0, 0.1) is 5.82 Å². The van der Waals surface area contributed by atoms with Gasteiger partial charge in [0.1, 0.15) is 5.82 Å². The summed E-state index contributed by atoms with van der Waals surface area (Å²) in [6, 6.07) is 11.6. The molecule has 1 N–H and O–H groups in total. The van der Waals surface area contributed by atoms with Crippen molar-refractivity contribution in [2.75, 3.05) is 46.4 Å². The summed E-state index contributed by atoms with van der Waals surface area (Å²) >= 11 is 6.44. The summed E-state index contributed by atoms with van der Waals surface area (Å²) in [7, 11) is 1.62. The number of likely N-dealkylation sites (N-methyl/N-ethyl adjacent to an activating group) is 1. The largest absolute Gasteiger partial charge is 0.463 e. The first-order valence-corrected chi connectivity index (χ1v) is 12.6. The van der Waals surface area contributed by atoms with E-state index in [1.165, 1.54) is 23.1 Å². The highest BCUT2D eigenvalue weighted by atomic mass is 35.5. The molecule has 0 spiro atoms. The molecule has 2 aliphatic heterocycles. The molecule has 1 saturated heterocycles. The van der Waals surface area contributed by atoms with Crippen LogP contribution in [-0.2, 0) is 9.53 Å². The number of nitrogens with one attached hydrogen (secondary N) is 1. The molecule has 10 heteroatoms. The van der Waals surface area contributed by atoms with E-state index in [9.17, 15) is 18.8 Å². The summed E-state index contributed by atoms with van der Waals surface area (Å²) in [5.74, 6) is -1.19. The fourth-order valence-electron chi connectivity index (χ4n) is 4.69. The van der Waals surface area contributed by atoms with Gasteiger partial charge in [-0.25, -0.2) is 14.0 Å². The number of hydrogen-bond donors (Lipinski definition) is 1. The third kappa shape index (κ3) is 5.94. The van der Waals surface area contributed by atoms with Gasteiger partial charge in [0, 0.05) is 56.1 Å². The molecule has 1 unspecified atom stereocenters. The highest BCUT2D eigenvalue weighted by Gasteiger charge is 2.38. The maximum atomic E-state index is 13.6. The predicted octanol–water partition coefficient (Wildman–Crippen LogP) is 3.84. The van der Waals surface area contributed by atoms with Crippen molar-refractivity contribution >= 4 is 29.5 Å². The number of rotatable bonds is 6. The zero-order valence-corrected chi connectivity index (χ0v) is 21.6. The van der Waals surface area contributed by atoms with E-state index in [0.29, 0.717) is 66.6 Å². The van der Waals surface area contributed by atoms with E-state index < -0.39 is 17.8 Å². The molecule has 1 atom stereocenters. The van der Waals surface area contributed by atoms with Gasteiger partial charge in [-0.3, -0.25) is 14.6 Å². The Hall–Kier alpha value is -3.43.